The maximum atomic E-state index is 13.1. The summed E-state index contributed by atoms with van der Waals surface area (Å²) in [6, 6.07) is 13.4. The van der Waals surface area contributed by atoms with Crippen molar-refractivity contribution in [1.82, 2.24) is 9.80 Å². The fourth-order valence-corrected chi connectivity index (χ4v) is 3.70. The van der Waals surface area contributed by atoms with Crippen molar-refractivity contribution in [3.8, 4) is 11.5 Å². The molecule has 0 aliphatic carbocycles. The van der Waals surface area contributed by atoms with Crippen molar-refractivity contribution >= 4 is 17.4 Å². The van der Waals surface area contributed by atoms with Crippen LogP contribution in [0.3, 0.4) is 0 Å². The van der Waals surface area contributed by atoms with E-state index in [2.05, 4.69) is 13.8 Å². The normalized spacial score (nSPS) is 17.8. The van der Waals surface area contributed by atoms with Crippen LogP contribution in [0.4, 0.5) is 0 Å². The summed E-state index contributed by atoms with van der Waals surface area (Å²) in [5.74, 6) is 0.152. The van der Waals surface area contributed by atoms with Crippen LogP contribution in [0.2, 0.25) is 0 Å². The fourth-order valence-electron chi connectivity index (χ4n) is 3.70. The lowest BCUT2D eigenvalue weighted by Gasteiger charge is -2.26. The number of hydrogen-bond donors (Lipinski definition) is 1. The maximum Gasteiger partial charge on any atom is 0.295 e. The Morgan fingerprint density at radius 2 is 1.79 bits per heavy atom. The summed E-state index contributed by atoms with van der Waals surface area (Å²) in [6.45, 7) is 5.63. The van der Waals surface area contributed by atoms with Gasteiger partial charge in [0.05, 0.1) is 25.3 Å². The summed E-state index contributed by atoms with van der Waals surface area (Å²) in [6.07, 6.45) is 0. The highest BCUT2D eigenvalue weighted by atomic mass is 16.5. The third kappa shape index (κ3) is 5.54. The first-order valence-corrected chi connectivity index (χ1v) is 11.0. The van der Waals surface area contributed by atoms with Crippen molar-refractivity contribution in [2.45, 2.75) is 19.9 Å². The highest BCUT2D eigenvalue weighted by Gasteiger charge is 2.46. The Morgan fingerprint density at radius 3 is 2.39 bits per heavy atom. The molecule has 1 fully saturated rings. The van der Waals surface area contributed by atoms with Crippen molar-refractivity contribution in [3.05, 3.63) is 65.2 Å². The molecule has 1 aliphatic rings. The van der Waals surface area contributed by atoms with Crippen LogP contribution >= 0.6 is 0 Å². The molecule has 1 heterocycles. The van der Waals surface area contributed by atoms with Crippen LogP contribution in [-0.2, 0) is 9.59 Å². The van der Waals surface area contributed by atoms with Gasteiger partial charge in [0.2, 0.25) is 0 Å². The van der Waals surface area contributed by atoms with Crippen molar-refractivity contribution in [2.75, 3.05) is 40.9 Å². The molecule has 176 valence electrons. The minimum atomic E-state index is -0.711. The zero-order chi connectivity index (χ0) is 24.1. The van der Waals surface area contributed by atoms with Crippen LogP contribution in [-0.4, -0.2) is 67.5 Å². The third-order valence-electron chi connectivity index (χ3n) is 5.45. The summed E-state index contributed by atoms with van der Waals surface area (Å²) in [5, 5.41) is 11.2. The van der Waals surface area contributed by atoms with Gasteiger partial charge in [0.1, 0.15) is 17.3 Å². The van der Waals surface area contributed by atoms with Crippen molar-refractivity contribution in [3.63, 3.8) is 0 Å². The van der Waals surface area contributed by atoms with Gasteiger partial charge in [-0.2, -0.15) is 0 Å². The first-order chi connectivity index (χ1) is 15.7. The van der Waals surface area contributed by atoms with E-state index in [4.69, 9.17) is 9.47 Å². The molecule has 1 unspecified atom stereocenters. The van der Waals surface area contributed by atoms with E-state index in [0.717, 1.165) is 0 Å². The second-order valence-corrected chi connectivity index (χ2v) is 8.80. The van der Waals surface area contributed by atoms with Crippen LogP contribution in [0.15, 0.2) is 54.1 Å². The number of carbonyl (C=O) groups excluding carboxylic acids is 2. The fraction of sp³-hybridized carbons (Fsp3) is 0.385. The number of benzene rings is 2. The molecule has 0 aromatic heterocycles. The van der Waals surface area contributed by atoms with Gasteiger partial charge in [0, 0.05) is 18.7 Å². The van der Waals surface area contributed by atoms with Gasteiger partial charge >= 0.3 is 0 Å². The van der Waals surface area contributed by atoms with Gasteiger partial charge in [-0.05, 0) is 62.0 Å². The molecule has 7 heteroatoms. The van der Waals surface area contributed by atoms with Crippen LogP contribution in [0.1, 0.15) is 31.0 Å². The minimum absolute atomic E-state index is 0.0721. The number of nitrogens with zero attached hydrogens (tertiary/aromatic N) is 2. The number of likely N-dealkylation sites (N-methyl/N-ethyl adjacent to an activating group) is 1. The lowest BCUT2D eigenvalue weighted by molar-refractivity contribution is -0.140. The summed E-state index contributed by atoms with van der Waals surface area (Å²) < 4.78 is 11.1. The standard InChI is InChI=1S/C26H32N2O5/c1-17(2)16-33-20-11-9-18(10-12-20)24(29)22-23(19-7-6-8-21(15-19)32-5)28(14-13-27(3)4)26(31)25(22)30/h6-12,15,17,23,29H,13-14,16H2,1-5H3/b24-22-. The SMILES string of the molecule is COc1cccc(C2/C(=C(/O)c3ccc(OCC(C)C)cc3)C(=O)C(=O)N2CCN(C)C)c1. The number of amides is 1. The minimum Gasteiger partial charge on any atom is -0.507 e. The van der Waals surface area contributed by atoms with Gasteiger partial charge in [-0.15, -0.1) is 0 Å². The lowest BCUT2D eigenvalue weighted by atomic mass is 9.95. The predicted molar refractivity (Wildman–Crippen MR) is 127 cm³/mol. The van der Waals surface area contributed by atoms with Gasteiger partial charge in [0.25, 0.3) is 11.7 Å². The average molecular weight is 453 g/mol. The summed E-state index contributed by atoms with van der Waals surface area (Å²) in [4.78, 5) is 29.5. The van der Waals surface area contributed by atoms with Crippen LogP contribution in [0, 0.1) is 5.92 Å². The van der Waals surface area contributed by atoms with E-state index in [1.807, 2.05) is 25.1 Å². The highest BCUT2D eigenvalue weighted by molar-refractivity contribution is 6.46. The van der Waals surface area contributed by atoms with Crippen LogP contribution in [0.25, 0.3) is 5.76 Å². The second-order valence-electron chi connectivity index (χ2n) is 8.80. The van der Waals surface area contributed by atoms with Gasteiger partial charge < -0.3 is 24.4 Å². The van der Waals surface area contributed by atoms with Crippen molar-refractivity contribution in [2.24, 2.45) is 5.92 Å². The smallest absolute Gasteiger partial charge is 0.295 e. The van der Waals surface area contributed by atoms with E-state index in [9.17, 15) is 14.7 Å². The highest BCUT2D eigenvalue weighted by Crippen LogP contribution is 2.40. The Kier molecular flexibility index (Phi) is 7.76. The molecular formula is C26H32N2O5. The quantitative estimate of drug-likeness (QED) is 0.355. The van der Waals surface area contributed by atoms with Gasteiger partial charge in [-0.1, -0.05) is 26.0 Å². The molecule has 1 amide bonds. The topological polar surface area (TPSA) is 79.3 Å². The molecule has 0 spiro atoms. The number of aliphatic hydroxyl groups excluding tert-OH is 1. The molecule has 0 saturated carbocycles. The molecule has 1 saturated heterocycles. The van der Waals surface area contributed by atoms with E-state index in [1.54, 1.807) is 49.6 Å². The van der Waals surface area contributed by atoms with Crippen LogP contribution in [0.5, 0.6) is 11.5 Å². The van der Waals surface area contributed by atoms with E-state index in [-0.39, 0.29) is 11.3 Å². The average Bonchev–Trinajstić information content (AvgIpc) is 3.06. The van der Waals surface area contributed by atoms with E-state index in [0.29, 0.717) is 48.2 Å². The molecule has 2 aromatic rings. The van der Waals surface area contributed by atoms with Crippen molar-refractivity contribution in [1.29, 1.82) is 0 Å². The molecule has 7 nitrogen and oxygen atoms in total. The van der Waals surface area contributed by atoms with Gasteiger partial charge in [0.15, 0.2) is 0 Å². The number of aliphatic hydroxyl groups is 1. The molecule has 3 rings (SSSR count). The number of hydrogen-bond acceptors (Lipinski definition) is 6. The Bertz CT molecular complexity index is 1030. The molecule has 2 aromatic carbocycles. The Labute approximate surface area is 195 Å². The summed E-state index contributed by atoms with van der Waals surface area (Å²) in [5.41, 5.74) is 1.22. The first kappa shape index (κ1) is 24.3. The van der Waals surface area contributed by atoms with E-state index < -0.39 is 17.7 Å². The number of ketones is 1. The van der Waals surface area contributed by atoms with Gasteiger partial charge in [-0.25, -0.2) is 0 Å². The summed E-state index contributed by atoms with van der Waals surface area (Å²) >= 11 is 0. The molecule has 33 heavy (non-hydrogen) atoms. The van der Waals surface area contributed by atoms with E-state index in [1.165, 1.54) is 4.90 Å². The molecule has 1 N–H and O–H groups in total. The Morgan fingerprint density at radius 1 is 1.09 bits per heavy atom. The number of ether oxygens (including phenoxy) is 2. The molecule has 0 bridgehead atoms. The number of Topliss-reactive ketones (excluding diaryl/α,β-unsaturated/α-hetero) is 1. The summed E-state index contributed by atoms with van der Waals surface area (Å²) in [7, 11) is 5.37. The molecule has 0 radical (unpaired) electrons. The number of carbonyl (C=O) groups is 2. The second kappa shape index (κ2) is 10.5. The first-order valence-electron chi connectivity index (χ1n) is 11.0. The van der Waals surface area contributed by atoms with Crippen molar-refractivity contribution < 1.29 is 24.2 Å². The Balaban J connectivity index is 2.04. The van der Waals surface area contributed by atoms with E-state index >= 15 is 0 Å². The van der Waals surface area contributed by atoms with Crippen LogP contribution < -0.4 is 9.47 Å². The molecular weight excluding hydrogens is 420 g/mol. The Hall–Kier alpha value is -3.32. The maximum absolute atomic E-state index is 13.1. The zero-order valence-corrected chi connectivity index (χ0v) is 19.9. The largest absolute Gasteiger partial charge is 0.507 e. The molecule has 1 atom stereocenters. The van der Waals surface area contributed by atoms with Gasteiger partial charge in [-0.3, -0.25) is 9.59 Å². The molecule has 1 aliphatic heterocycles. The third-order valence-corrected chi connectivity index (χ3v) is 5.45. The predicted octanol–water partition coefficient (Wildman–Crippen LogP) is 3.71. The lowest BCUT2D eigenvalue weighted by Crippen LogP contribution is -2.35. The number of rotatable bonds is 9. The monoisotopic (exact) mass is 452 g/mol. The zero-order valence-electron chi connectivity index (χ0n) is 19.9. The number of methoxy groups -OCH3 is 1. The number of likely N-dealkylation sites (tertiary alicyclic amines) is 1.